The number of likely N-dealkylation sites (N-methyl/N-ethyl adjacent to an activating group) is 1. The molecule has 4 heteroatoms. The SMILES string of the molecule is CN(Cc1ccc(F)cc1)C(=O)COc1ccccc1C(C)(C)C. The topological polar surface area (TPSA) is 29.5 Å². The van der Waals surface area contributed by atoms with E-state index in [-0.39, 0.29) is 23.7 Å². The summed E-state index contributed by atoms with van der Waals surface area (Å²) in [6.07, 6.45) is 0. The van der Waals surface area contributed by atoms with Crippen molar-refractivity contribution in [1.29, 1.82) is 0 Å². The number of amides is 1. The second-order valence-corrected chi connectivity index (χ2v) is 6.91. The zero-order valence-electron chi connectivity index (χ0n) is 14.7. The number of nitrogens with zero attached hydrogens (tertiary/aromatic N) is 1. The standard InChI is InChI=1S/C20H24FNO2/c1-20(2,3)17-7-5-6-8-18(17)24-14-19(23)22(4)13-15-9-11-16(21)12-10-15/h5-12H,13-14H2,1-4H3. The molecule has 0 bridgehead atoms. The fraction of sp³-hybridized carbons (Fsp3) is 0.350. The van der Waals surface area contributed by atoms with Crippen molar-refractivity contribution in [1.82, 2.24) is 4.90 Å². The molecule has 0 aliphatic rings. The quantitative estimate of drug-likeness (QED) is 0.824. The van der Waals surface area contributed by atoms with E-state index in [0.717, 1.165) is 16.9 Å². The average molecular weight is 329 g/mol. The molecule has 0 spiro atoms. The van der Waals surface area contributed by atoms with E-state index in [1.807, 2.05) is 24.3 Å². The average Bonchev–Trinajstić information content (AvgIpc) is 2.54. The van der Waals surface area contributed by atoms with Gasteiger partial charge in [-0.25, -0.2) is 4.39 Å². The zero-order valence-corrected chi connectivity index (χ0v) is 14.7. The second kappa shape index (κ2) is 7.47. The van der Waals surface area contributed by atoms with E-state index in [0.29, 0.717) is 6.54 Å². The fourth-order valence-electron chi connectivity index (χ4n) is 2.41. The highest BCUT2D eigenvalue weighted by molar-refractivity contribution is 5.77. The van der Waals surface area contributed by atoms with Gasteiger partial charge in [-0.3, -0.25) is 4.79 Å². The summed E-state index contributed by atoms with van der Waals surface area (Å²) in [4.78, 5) is 13.9. The molecule has 0 aliphatic heterocycles. The summed E-state index contributed by atoms with van der Waals surface area (Å²) >= 11 is 0. The molecule has 0 fully saturated rings. The number of carbonyl (C=O) groups is 1. The van der Waals surface area contributed by atoms with Crippen molar-refractivity contribution in [2.24, 2.45) is 0 Å². The molecule has 0 atom stereocenters. The van der Waals surface area contributed by atoms with Crippen LogP contribution in [0.3, 0.4) is 0 Å². The Labute approximate surface area is 143 Å². The largest absolute Gasteiger partial charge is 0.483 e. The number of hydrogen-bond acceptors (Lipinski definition) is 2. The Hall–Kier alpha value is -2.36. The molecule has 0 radical (unpaired) electrons. The van der Waals surface area contributed by atoms with Gasteiger partial charge in [-0.15, -0.1) is 0 Å². The third kappa shape index (κ3) is 4.82. The molecule has 1 amide bonds. The van der Waals surface area contributed by atoms with Crippen LogP contribution in [0.1, 0.15) is 31.9 Å². The molecule has 0 heterocycles. The van der Waals surface area contributed by atoms with Crippen molar-refractivity contribution in [3.8, 4) is 5.75 Å². The van der Waals surface area contributed by atoms with Gasteiger partial charge in [0.05, 0.1) is 0 Å². The first-order valence-electron chi connectivity index (χ1n) is 7.98. The summed E-state index contributed by atoms with van der Waals surface area (Å²) in [7, 11) is 1.71. The summed E-state index contributed by atoms with van der Waals surface area (Å²) in [5.41, 5.74) is 1.89. The second-order valence-electron chi connectivity index (χ2n) is 6.91. The Morgan fingerprint density at radius 1 is 1.08 bits per heavy atom. The lowest BCUT2D eigenvalue weighted by atomic mass is 9.86. The smallest absolute Gasteiger partial charge is 0.260 e. The number of carbonyl (C=O) groups excluding carboxylic acids is 1. The van der Waals surface area contributed by atoms with Crippen LogP contribution in [-0.4, -0.2) is 24.5 Å². The van der Waals surface area contributed by atoms with Crippen LogP contribution in [0.4, 0.5) is 4.39 Å². The first kappa shape index (κ1) is 18.0. The van der Waals surface area contributed by atoms with Gasteiger partial charge in [-0.2, -0.15) is 0 Å². The molecule has 2 aromatic carbocycles. The van der Waals surface area contributed by atoms with Crippen LogP contribution < -0.4 is 4.74 Å². The molecule has 24 heavy (non-hydrogen) atoms. The summed E-state index contributed by atoms with van der Waals surface area (Å²) in [5.74, 6) is 0.325. The summed E-state index contributed by atoms with van der Waals surface area (Å²) in [6, 6.07) is 13.9. The Bertz CT molecular complexity index is 690. The molecule has 128 valence electrons. The number of benzene rings is 2. The van der Waals surface area contributed by atoms with Crippen LogP contribution in [0.2, 0.25) is 0 Å². The third-order valence-electron chi connectivity index (χ3n) is 3.80. The fourth-order valence-corrected chi connectivity index (χ4v) is 2.41. The molecule has 0 aromatic heterocycles. The molecule has 0 unspecified atom stereocenters. The van der Waals surface area contributed by atoms with E-state index in [1.165, 1.54) is 12.1 Å². The minimum Gasteiger partial charge on any atom is -0.483 e. The molecule has 0 saturated heterocycles. The van der Waals surface area contributed by atoms with Gasteiger partial charge < -0.3 is 9.64 Å². The van der Waals surface area contributed by atoms with Crippen LogP contribution in [0.5, 0.6) is 5.75 Å². The lowest BCUT2D eigenvalue weighted by molar-refractivity contribution is -0.132. The monoisotopic (exact) mass is 329 g/mol. The molecule has 0 aliphatic carbocycles. The van der Waals surface area contributed by atoms with E-state index in [9.17, 15) is 9.18 Å². The maximum absolute atomic E-state index is 12.9. The van der Waals surface area contributed by atoms with Gasteiger partial charge in [0.15, 0.2) is 6.61 Å². The predicted octanol–water partition coefficient (Wildman–Crippen LogP) is 4.16. The van der Waals surface area contributed by atoms with Gasteiger partial charge in [0.25, 0.3) is 5.91 Å². The van der Waals surface area contributed by atoms with Crippen molar-refractivity contribution in [2.75, 3.05) is 13.7 Å². The first-order valence-corrected chi connectivity index (χ1v) is 7.98. The lowest BCUT2D eigenvalue weighted by Gasteiger charge is -2.23. The highest BCUT2D eigenvalue weighted by atomic mass is 19.1. The van der Waals surface area contributed by atoms with E-state index in [1.54, 1.807) is 24.1 Å². The summed E-state index contributed by atoms with van der Waals surface area (Å²) in [6.45, 7) is 6.72. The summed E-state index contributed by atoms with van der Waals surface area (Å²) < 4.78 is 18.7. The molecular formula is C20H24FNO2. The Morgan fingerprint density at radius 3 is 2.33 bits per heavy atom. The molecule has 2 aromatic rings. The van der Waals surface area contributed by atoms with Crippen LogP contribution in [0, 0.1) is 5.82 Å². The van der Waals surface area contributed by atoms with Crippen LogP contribution in [0.15, 0.2) is 48.5 Å². The maximum Gasteiger partial charge on any atom is 0.260 e. The van der Waals surface area contributed by atoms with Crippen LogP contribution in [0.25, 0.3) is 0 Å². The van der Waals surface area contributed by atoms with Crippen LogP contribution in [-0.2, 0) is 16.8 Å². The van der Waals surface area contributed by atoms with Gasteiger partial charge >= 0.3 is 0 Å². The van der Waals surface area contributed by atoms with Gasteiger partial charge in [0.1, 0.15) is 11.6 Å². The van der Waals surface area contributed by atoms with Gasteiger partial charge in [-0.1, -0.05) is 51.1 Å². The Morgan fingerprint density at radius 2 is 1.71 bits per heavy atom. The third-order valence-corrected chi connectivity index (χ3v) is 3.80. The molecule has 0 N–H and O–H groups in total. The van der Waals surface area contributed by atoms with Gasteiger partial charge in [0, 0.05) is 13.6 Å². The minimum atomic E-state index is -0.283. The number of ether oxygens (including phenoxy) is 1. The summed E-state index contributed by atoms with van der Waals surface area (Å²) in [5, 5.41) is 0. The van der Waals surface area contributed by atoms with Crippen molar-refractivity contribution in [3.05, 3.63) is 65.5 Å². The predicted molar refractivity (Wildman–Crippen MR) is 93.5 cm³/mol. The molecule has 3 nitrogen and oxygen atoms in total. The molecule has 0 saturated carbocycles. The highest BCUT2D eigenvalue weighted by Gasteiger charge is 2.19. The van der Waals surface area contributed by atoms with E-state index >= 15 is 0 Å². The highest BCUT2D eigenvalue weighted by Crippen LogP contribution is 2.30. The number of rotatable bonds is 5. The number of hydrogen-bond donors (Lipinski definition) is 0. The van der Waals surface area contributed by atoms with E-state index in [2.05, 4.69) is 20.8 Å². The van der Waals surface area contributed by atoms with Gasteiger partial charge in [-0.05, 0) is 34.7 Å². The normalized spacial score (nSPS) is 11.2. The van der Waals surface area contributed by atoms with E-state index < -0.39 is 0 Å². The molecular weight excluding hydrogens is 305 g/mol. The van der Waals surface area contributed by atoms with Crippen molar-refractivity contribution >= 4 is 5.91 Å². The van der Waals surface area contributed by atoms with Crippen molar-refractivity contribution < 1.29 is 13.9 Å². The van der Waals surface area contributed by atoms with Gasteiger partial charge in [0.2, 0.25) is 0 Å². The van der Waals surface area contributed by atoms with Crippen LogP contribution >= 0.6 is 0 Å². The maximum atomic E-state index is 12.9. The zero-order chi connectivity index (χ0) is 17.7. The Balaban J connectivity index is 1.97. The lowest BCUT2D eigenvalue weighted by Crippen LogP contribution is -2.31. The Kier molecular flexibility index (Phi) is 5.60. The first-order chi connectivity index (χ1) is 11.3. The number of para-hydroxylation sites is 1. The molecule has 2 rings (SSSR count). The van der Waals surface area contributed by atoms with E-state index in [4.69, 9.17) is 4.74 Å². The van der Waals surface area contributed by atoms with Crippen molar-refractivity contribution in [2.45, 2.75) is 32.7 Å². The van der Waals surface area contributed by atoms with Crippen molar-refractivity contribution in [3.63, 3.8) is 0 Å². The minimum absolute atomic E-state index is 0.0230. The number of halogens is 1.